The molecule has 1 amide bonds. The number of carbonyl (C=O) groups excluding carboxylic acids is 2. The number of ketones is 1. The van der Waals surface area contributed by atoms with E-state index < -0.39 is 17.6 Å². The van der Waals surface area contributed by atoms with Gasteiger partial charge in [0, 0.05) is 16.8 Å². The van der Waals surface area contributed by atoms with Gasteiger partial charge in [0.05, 0.1) is 24.6 Å². The molecule has 0 aliphatic carbocycles. The zero-order chi connectivity index (χ0) is 24.4. The van der Waals surface area contributed by atoms with Crippen LogP contribution in [-0.4, -0.2) is 28.6 Å². The molecule has 0 radical (unpaired) electrons. The van der Waals surface area contributed by atoms with Crippen molar-refractivity contribution in [3.8, 4) is 34.5 Å². The van der Waals surface area contributed by atoms with Crippen LogP contribution >= 0.6 is 0 Å². The molecule has 1 unspecified atom stereocenters. The van der Waals surface area contributed by atoms with E-state index in [9.17, 15) is 14.9 Å². The monoisotopic (exact) mass is 464 g/mol. The van der Waals surface area contributed by atoms with Gasteiger partial charge in [0.15, 0.2) is 5.92 Å². The molecular weight excluding hydrogens is 444 g/mol. The first-order valence-electron chi connectivity index (χ1n) is 10.9. The minimum absolute atomic E-state index is 0.0204. The van der Waals surface area contributed by atoms with Crippen LogP contribution < -0.4 is 14.8 Å². The summed E-state index contributed by atoms with van der Waals surface area (Å²) in [5.74, 6) is -1.75. The lowest BCUT2D eigenvalue weighted by molar-refractivity contribution is -0.117. The summed E-state index contributed by atoms with van der Waals surface area (Å²) in [6.45, 7) is 0.0705. The van der Waals surface area contributed by atoms with E-state index in [-0.39, 0.29) is 12.3 Å². The normalized spacial score (nSPS) is 12.3. The zero-order valence-corrected chi connectivity index (χ0v) is 18.8. The Morgan fingerprint density at radius 2 is 1.80 bits per heavy atom. The third-order valence-electron chi connectivity index (χ3n) is 5.73. The van der Waals surface area contributed by atoms with Crippen LogP contribution in [0, 0.1) is 17.2 Å². The van der Waals surface area contributed by atoms with Gasteiger partial charge in [-0.1, -0.05) is 36.4 Å². The molecule has 0 spiro atoms. The second kappa shape index (κ2) is 9.15. The van der Waals surface area contributed by atoms with Gasteiger partial charge < -0.3 is 14.8 Å². The number of nitriles is 1. The number of nitrogens with zero attached hydrogens (tertiary/aromatic N) is 3. The highest BCUT2D eigenvalue weighted by atomic mass is 16.5. The Balaban J connectivity index is 1.61. The number of methoxy groups -OCH3 is 1. The van der Waals surface area contributed by atoms with E-state index in [2.05, 4.69) is 10.4 Å². The number of hydrogen-bond donors (Lipinski definition) is 1. The summed E-state index contributed by atoms with van der Waals surface area (Å²) in [5, 5.41) is 17.0. The van der Waals surface area contributed by atoms with Crippen molar-refractivity contribution in [1.82, 2.24) is 9.78 Å². The second-order valence-corrected chi connectivity index (χ2v) is 7.86. The van der Waals surface area contributed by atoms with Crippen molar-refractivity contribution in [3.63, 3.8) is 0 Å². The van der Waals surface area contributed by atoms with E-state index in [0.717, 1.165) is 5.69 Å². The number of carbonyl (C=O) groups is 2. The highest BCUT2D eigenvalue weighted by Gasteiger charge is 2.36. The maximum Gasteiger partial charge on any atom is 0.249 e. The molecule has 1 aromatic heterocycles. The van der Waals surface area contributed by atoms with Crippen LogP contribution in [0.15, 0.2) is 78.9 Å². The van der Waals surface area contributed by atoms with Gasteiger partial charge in [-0.15, -0.1) is 0 Å². The smallest absolute Gasteiger partial charge is 0.249 e. The van der Waals surface area contributed by atoms with E-state index >= 15 is 0 Å². The molecule has 172 valence electrons. The standard InChI is InChI=1S/C27H20N4O4/c1-34-19-12-13-23-20(14-19)25-22(16-35-23)24(30-31(25)18-10-6-3-7-11-18)26(32)21(15-28)27(33)29-17-8-4-2-5-9-17/h2-14,21H,16H2,1H3,(H,29,33). The Morgan fingerprint density at radius 3 is 2.49 bits per heavy atom. The first kappa shape index (κ1) is 21.9. The van der Waals surface area contributed by atoms with Gasteiger partial charge in [-0.2, -0.15) is 10.4 Å². The van der Waals surface area contributed by atoms with Crippen molar-refractivity contribution in [2.24, 2.45) is 5.92 Å². The fourth-order valence-electron chi connectivity index (χ4n) is 4.02. The molecule has 0 fully saturated rings. The van der Waals surface area contributed by atoms with Crippen LogP contribution in [-0.2, 0) is 11.4 Å². The molecule has 1 aliphatic heterocycles. The summed E-state index contributed by atoms with van der Waals surface area (Å²) in [4.78, 5) is 26.4. The Bertz CT molecular complexity index is 1460. The lowest BCUT2D eigenvalue weighted by atomic mass is 9.95. The third-order valence-corrected chi connectivity index (χ3v) is 5.73. The molecule has 0 saturated heterocycles. The molecule has 1 aliphatic rings. The summed E-state index contributed by atoms with van der Waals surface area (Å²) in [5.41, 5.74) is 3.09. The molecule has 0 saturated carbocycles. The number of fused-ring (bicyclic) bond motifs is 3. The molecule has 5 rings (SSSR count). The average molecular weight is 464 g/mol. The molecular formula is C27H20N4O4. The van der Waals surface area contributed by atoms with Gasteiger partial charge in [0.2, 0.25) is 11.7 Å². The lowest BCUT2D eigenvalue weighted by Crippen LogP contribution is -2.29. The number of hydrogen-bond acceptors (Lipinski definition) is 6. The Hall–Kier alpha value is -4.90. The number of benzene rings is 3. The number of ether oxygens (including phenoxy) is 2. The van der Waals surface area contributed by atoms with Gasteiger partial charge >= 0.3 is 0 Å². The maximum absolute atomic E-state index is 13.5. The molecule has 1 atom stereocenters. The van der Waals surface area contributed by atoms with Crippen LogP contribution in [0.25, 0.3) is 16.9 Å². The van der Waals surface area contributed by atoms with Crippen molar-refractivity contribution >= 4 is 17.4 Å². The van der Waals surface area contributed by atoms with E-state index in [1.165, 1.54) is 0 Å². The van der Waals surface area contributed by atoms with Gasteiger partial charge in [0.1, 0.15) is 23.8 Å². The van der Waals surface area contributed by atoms with Crippen LogP contribution in [0.4, 0.5) is 5.69 Å². The van der Waals surface area contributed by atoms with Crippen molar-refractivity contribution in [3.05, 3.63) is 90.1 Å². The maximum atomic E-state index is 13.5. The van der Waals surface area contributed by atoms with Crippen molar-refractivity contribution in [2.75, 3.05) is 12.4 Å². The highest BCUT2D eigenvalue weighted by molar-refractivity contribution is 6.15. The number of anilines is 1. The number of Topliss-reactive ketones (excluding diaryl/α,β-unsaturated/α-hetero) is 1. The predicted molar refractivity (Wildman–Crippen MR) is 128 cm³/mol. The van der Waals surface area contributed by atoms with E-state index in [0.29, 0.717) is 34.0 Å². The topological polar surface area (TPSA) is 106 Å². The van der Waals surface area contributed by atoms with Crippen LogP contribution in [0.5, 0.6) is 11.5 Å². The Morgan fingerprint density at radius 1 is 1.09 bits per heavy atom. The van der Waals surface area contributed by atoms with Crippen molar-refractivity contribution in [1.29, 1.82) is 5.26 Å². The van der Waals surface area contributed by atoms with E-state index in [1.807, 2.05) is 42.5 Å². The third kappa shape index (κ3) is 4.00. The van der Waals surface area contributed by atoms with Gasteiger partial charge in [-0.25, -0.2) is 4.68 Å². The molecule has 2 heterocycles. The molecule has 35 heavy (non-hydrogen) atoms. The minimum Gasteiger partial charge on any atom is -0.497 e. The fourth-order valence-corrected chi connectivity index (χ4v) is 4.02. The Labute approximate surface area is 201 Å². The zero-order valence-electron chi connectivity index (χ0n) is 18.8. The lowest BCUT2D eigenvalue weighted by Gasteiger charge is -2.20. The number of rotatable bonds is 6. The van der Waals surface area contributed by atoms with Crippen molar-refractivity contribution < 1.29 is 19.1 Å². The number of nitrogens with one attached hydrogen (secondary N) is 1. The molecule has 4 aromatic rings. The minimum atomic E-state index is -1.58. The van der Waals surface area contributed by atoms with Crippen LogP contribution in [0.1, 0.15) is 16.1 Å². The summed E-state index contributed by atoms with van der Waals surface area (Å²) < 4.78 is 13.0. The van der Waals surface area contributed by atoms with Gasteiger partial charge in [-0.3, -0.25) is 9.59 Å². The first-order valence-corrected chi connectivity index (χ1v) is 10.9. The second-order valence-electron chi connectivity index (χ2n) is 7.86. The molecule has 8 heteroatoms. The number of aromatic nitrogens is 2. The van der Waals surface area contributed by atoms with E-state index in [4.69, 9.17) is 9.47 Å². The summed E-state index contributed by atoms with van der Waals surface area (Å²) in [6.07, 6.45) is 0. The summed E-state index contributed by atoms with van der Waals surface area (Å²) >= 11 is 0. The fraction of sp³-hybridized carbons (Fsp3) is 0.111. The Kier molecular flexibility index (Phi) is 5.73. The van der Waals surface area contributed by atoms with E-state index in [1.54, 1.807) is 54.3 Å². The predicted octanol–water partition coefficient (Wildman–Crippen LogP) is 4.40. The quantitative estimate of drug-likeness (QED) is 0.335. The van der Waals surface area contributed by atoms with Crippen LogP contribution in [0.2, 0.25) is 0 Å². The van der Waals surface area contributed by atoms with Gasteiger partial charge in [-0.05, 0) is 42.5 Å². The van der Waals surface area contributed by atoms with Crippen LogP contribution in [0.3, 0.4) is 0 Å². The van der Waals surface area contributed by atoms with Gasteiger partial charge in [0.25, 0.3) is 0 Å². The summed E-state index contributed by atoms with van der Waals surface area (Å²) in [6, 6.07) is 25.2. The highest BCUT2D eigenvalue weighted by Crippen LogP contribution is 2.42. The SMILES string of the molecule is COc1ccc2c(c1)-c1c(c(C(=O)C(C#N)C(=O)Nc3ccccc3)nn1-c1ccccc1)CO2. The molecule has 3 aromatic carbocycles. The number of para-hydroxylation sites is 2. The molecule has 8 nitrogen and oxygen atoms in total. The first-order chi connectivity index (χ1) is 17.1. The summed E-state index contributed by atoms with van der Waals surface area (Å²) in [7, 11) is 1.57. The van der Waals surface area contributed by atoms with Crippen molar-refractivity contribution in [2.45, 2.75) is 6.61 Å². The average Bonchev–Trinajstić information content (AvgIpc) is 3.30. The largest absolute Gasteiger partial charge is 0.497 e. The number of amides is 1. The molecule has 1 N–H and O–H groups in total. The molecule has 0 bridgehead atoms.